The number of aryl methyl sites for hydroxylation is 1. The Morgan fingerprint density at radius 3 is 2.82 bits per heavy atom. The molecule has 1 aliphatic rings. The molecule has 0 radical (unpaired) electrons. The summed E-state index contributed by atoms with van der Waals surface area (Å²) >= 11 is 0. The summed E-state index contributed by atoms with van der Waals surface area (Å²) in [6, 6.07) is 9.52. The quantitative estimate of drug-likeness (QED) is 0.851. The van der Waals surface area contributed by atoms with Crippen LogP contribution in [-0.4, -0.2) is 17.2 Å². The highest BCUT2D eigenvalue weighted by Gasteiger charge is 2.20. The number of hydrogen-bond acceptors (Lipinski definition) is 1. The molecule has 1 aliphatic carbocycles. The second-order valence-electron chi connectivity index (χ2n) is 5.12. The van der Waals surface area contributed by atoms with E-state index in [1.54, 1.807) is 0 Å². The zero-order valence-corrected chi connectivity index (χ0v) is 10.7. The Bertz CT molecular complexity index is 535. The van der Waals surface area contributed by atoms with E-state index in [0.717, 1.165) is 19.0 Å². The predicted molar refractivity (Wildman–Crippen MR) is 72.4 cm³/mol. The van der Waals surface area contributed by atoms with E-state index >= 15 is 0 Å². The van der Waals surface area contributed by atoms with Gasteiger partial charge in [0.05, 0.1) is 0 Å². The van der Waals surface area contributed by atoms with Crippen molar-refractivity contribution in [1.29, 1.82) is 0 Å². The molecule has 2 aromatic rings. The van der Waals surface area contributed by atoms with Gasteiger partial charge in [0.2, 0.25) is 0 Å². The first kappa shape index (κ1) is 10.8. The topological polar surface area (TPSA) is 17.0 Å². The van der Waals surface area contributed by atoms with Crippen LogP contribution in [-0.2, 0) is 13.5 Å². The van der Waals surface area contributed by atoms with Crippen molar-refractivity contribution in [3.63, 3.8) is 0 Å². The molecule has 0 bridgehead atoms. The monoisotopic (exact) mass is 228 g/mol. The number of nitrogens with zero attached hydrogens (tertiary/aromatic N) is 1. The van der Waals surface area contributed by atoms with Crippen LogP contribution in [0.25, 0.3) is 10.9 Å². The normalized spacial score (nSPS) is 15.6. The summed E-state index contributed by atoms with van der Waals surface area (Å²) < 4.78 is 2.31. The first-order valence-electron chi connectivity index (χ1n) is 6.53. The van der Waals surface area contributed by atoms with Crippen molar-refractivity contribution in [1.82, 2.24) is 9.88 Å². The van der Waals surface area contributed by atoms with Crippen molar-refractivity contribution in [2.75, 3.05) is 6.54 Å². The molecule has 2 heteroatoms. The van der Waals surface area contributed by atoms with Gasteiger partial charge in [0, 0.05) is 29.7 Å². The van der Waals surface area contributed by atoms with Crippen molar-refractivity contribution < 1.29 is 0 Å². The molecule has 0 atom stereocenters. The van der Waals surface area contributed by atoms with E-state index in [2.05, 4.69) is 48.1 Å². The Balaban J connectivity index is 1.88. The van der Waals surface area contributed by atoms with Crippen molar-refractivity contribution >= 4 is 10.9 Å². The van der Waals surface area contributed by atoms with E-state index in [-0.39, 0.29) is 0 Å². The molecule has 0 unspecified atom stereocenters. The van der Waals surface area contributed by atoms with Crippen LogP contribution in [0.3, 0.4) is 0 Å². The van der Waals surface area contributed by atoms with Crippen LogP contribution >= 0.6 is 0 Å². The van der Waals surface area contributed by atoms with E-state index in [1.165, 1.54) is 35.0 Å². The molecule has 0 amide bonds. The van der Waals surface area contributed by atoms with Crippen LogP contribution in [0.15, 0.2) is 24.3 Å². The Hall–Kier alpha value is -1.28. The first-order chi connectivity index (χ1) is 8.27. The molecule has 3 rings (SSSR count). The molecule has 1 saturated carbocycles. The largest absolute Gasteiger partial charge is 0.348 e. The highest BCUT2D eigenvalue weighted by Crippen LogP contribution is 2.25. The van der Waals surface area contributed by atoms with Crippen LogP contribution in [0.4, 0.5) is 0 Å². The third-order valence-electron chi connectivity index (χ3n) is 3.92. The SMILES string of the molecule is Cc1c(CCNC2CC2)c2ccccc2n1C. The van der Waals surface area contributed by atoms with Crippen LogP contribution < -0.4 is 5.32 Å². The molecule has 1 aromatic heterocycles. The van der Waals surface area contributed by atoms with Crippen LogP contribution in [0.2, 0.25) is 0 Å². The average Bonchev–Trinajstić information content (AvgIpc) is 3.13. The number of aromatic nitrogens is 1. The molecule has 0 aliphatic heterocycles. The number of benzene rings is 1. The molecule has 17 heavy (non-hydrogen) atoms. The van der Waals surface area contributed by atoms with Crippen LogP contribution in [0, 0.1) is 6.92 Å². The Labute approximate surface area is 103 Å². The fraction of sp³-hybridized carbons (Fsp3) is 0.467. The number of hydrogen-bond donors (Lipinski definition) is 1. The van der Waals surface area contributed by atoms with Gasteiger partial charge in [-0.3, -0.25) is 0 Å². The van der Waals surface area contributed by atoms with Crippen LogP contribution in [0.5, 0.6) is 0 Å². The molecule has 90 valence electrons. The van der Waals surface area contributed by atoms with Gasteiger partial charge < -0.3 is 9.88 Å². The van der Waals surface area contributed by atoms with Gasteiger partial charge in [0.1, 0.15) is 0 Å². The summed E-state index contributed by atoms with van der Waals surface area (Å²) in [4.78, 5) is 0. The second kappa shape index (κ2) is 4.19. The maximum Gasteiger partial charge on any atom is 0.0482 e. The summed E-state index contributed by atoms with van der Waals surface area (Å²) in [6.07, 6.45) is 3.88. The highest BCUT2D eigenvalue weighted by molar-refractivity contribution is 5.85. The lowest BCUT2D eigenvalue weighted by Crippen LogP contribution is -2.19. The smallest absolute Gasteiger partial charge is 0.0482 e. The summed E-state index contributed by atoms with van der Waals surface area (Å²) in [5.41, 5.74) is 4.27. The minimum absolute atomic E-state index is 0.810. The molecule has 2 nitrogen and oxygen atoms in total. The number of fused-ring (bicyclic) bond motifs is 1. The summed E-state index contributed by atoms with van der Waals surface area (Å²) in [6.45, 7) is 3.34. The zero-order valence-electron chi connectivity index (χ0n) is 10.7. The van der Waals surface area contributed by atoms with Gasteiger partial charge in [-0.1, -0.05) is 18.2 Å². The molecule has 0 spiro atoms. The predicted octanol–water partition coefficient (Wildman–Crippen LogP) is 2.78. The third-order valence-corrected chi connectivity index (χ3v) is 3.92. The fourth-order valence-electron chi connectivity index (χ4n) is 2.60. The molecule has 0 saturated heterocycles. The van der Waals surface area contributed by atoms with E-state index in [4.69, 9.17) is 0 Å². The maximum absolute atomic E-state index is 3.60. The summed E-state index contributed by atoms with van der Waals surface area (Å²) in [5.74, 6) is 0. The molecule has 1 fully saturated rings. The Morgan fingerprint density at radius 1 is 1.29 bits per heavy atom. The lowest BCUT2D eigenvalue weighted by Gasteiger charge is -2.04. The van der Waals surface area contributed by atoms with Gasteiger partial charge >= 0.3 is 0 Å². The van der Waals surface area contributed by atoms with Crippen LogP contribution in [0.1, 0.15) is 24.1 Å². The lowest BCUT2D eigenvalue weighted by molar-refractivity contribution is 0.680. The number of rotatable bonds is 4. The van der Waals surface area contributed by atoms with Crippen molar-refractivity contribution in [3.8, 4) is 0 Å². The van der Waals surface area contributed by atoms with Gasteiger partial charge in [-0.15, -0.1) is 0 Å². The minimum Gasteiger partial charge on any atom is -0.348 e. The molecule has 1 N–H and O–H groups in total. The lowest BCUT2D eigenvalue weighted by atomic mass is 10.1. The summed E-state index contributed by atoms with van der Waals surface area (Å²) in [7, 11) is 2.16. The van der Waals surface area contributed by atoms with Crippen molar-refractivity contribution in [2.24, 2.45) is 7.05 Å². The summed E-state index contributed by atoms with van der Waals surface area (Å²) in [5, 5.41) is 5.02. The molecule has 1 aromatic carbocycles. The van der Waals surface area contributed by atoms with E-state index in [1.807, 2.05) is 0 Å². The van der Waals surface area contributed by atoms with E-state index in [9.17, 15) is 0 Å². The van der Waals surface area contributed by atoms with Gasteiger partial charge in [-0.05, 0) is 44.4 Å². The Kier molecular flexibility index (Phi) is 2.67. The van der Waals surface area contributed by atoms with Gasteiger partial charge in [-0.2, -0.15) is 0 Å². The second-order valence-corrected chi connectivity index (χ2v) is 5.12. The Morgan fingerprint density at radius 2 is 2.06 bits per heavy atom. The highest BCUT2D eigenvalue weighted by atomic mass is 15.0. The number of nitrogens with one attached hydrogen (secondary N) is 1. The maximum atomic E-state index is 3.60. The fourth-order valence-corrected chi connectivity index (χ4v) is 2.60. The van der Waals surface area contributed by atoms with E-state index in [0.29, 0.717) is 0 Å². The zero-order chi connectivity index (χ0) is 11.8. The average molecular weight is 228 g/mol. The van der Waals surface area contributed by atoms with Gasteiger partial charge in [0.25, 0.3) is 0 Å². The molecular weight excluding hydrogens is 208 g/mol. The standard InChI is InChI=1S/C15H20N2/c1-11-13(9-10-16-12-7-8-12)14-5-3-4-6-15(14)17(11)2/h3-6,12,16H,7-10H2,1-2H3. The van der Waals surface area contributed by atoms with Crippen molar-refractivity contribution in [2.45, 2.75) is 32.2 Å². The first-order valence-corrected chi connectivity index (χ1v) is 6.53. The minimum atomic E-state index is 0.810. The third kappa shape index (κ3) is 1.98. The van der Waals surface area contributed by atoms with Gasteiger partial charge in [-0.25, -0.2) is 0 Å². The van der Waals surface area contributed by atoms with Gasteiger partial charge in [0.15, 0.2) is 0 Å². The number of para-hydroxylation sites is 1. The van der Waals surface area contributed by atoms with E-state index < -0.39 is 0 Å². The molecular formula is C15H20N2. The van der Waals surface area contributed by atoms with Crippen molar-refractivity contribution in [3.05, 3.63) is 35.5 Å². The molecule has 1 heterocycles.